The maximum absolute atomic E-state index is 12.8. The number of hydrogen-bond acceptors (Lipinski definition) is 3. The van der Waals surface area contributed by atoms with Crippen LogP contribution in [0.1, 0.15) is 30.7 Å². The highest BCUT2D eigenvalue weighted by molar-refractivity contribution is 6.30. The lowest BCUT2D eigenvalue weighted by molar-refractivity contribution is 0.194. The van der Waals surface area contributed by atoms with Crippen LogP contribution in [-0.2, 0) is 0 Å². The fraction of sp³-hybridized carbons (Fsp3) is 0.480. The smallest absolute Gasteiger partial charge is 0.321 e. The third-order valence-electron chi connectivity index (χ3n) is 7.28. The van der Waals surface area contributed by atoms with Crippen molar-refractivity contribution in [3.05, 3.63) is 59.1 Å². The Hall–Kier alpha value is -2.24. The second-order valence-corrected chi connectivity index (χ2v) is 9.76. The van der Waals surface area contributed by atoms with Crippen LogP contribution in [-0.4, -0.2) is 61.6 Å². The Morgan fingerprint density at radius 1 is 1.00 bits per heavy atom. The van der Waals surface area contributed by atoms with E-state index >= 15 is 0 Å². The average molecular weight is 439 g/mol. The van der Waals surface area contributed by atoms with E-state index in [1.165, 1.54) is 24.2 Å². The van der Waals surface area contributed by atoms with Gasteiger partial charge < -0.3 is 20.0 Å². The molecule has 3 aliphatic rings. The standard InChI is InChI=1S/C25H31ClN4O/c1-28-16-20-11-14-30(24(20)17-28)23-7-5-22(6-8-23)27-25(31)29-12-9-18(10-13-29)19-3-2-4-21(26)15-19/h2-8,15,18,20,24H,9-14,16-17H2,1H3,(H,27,31)/t20-,24+/m1/s1. The first kappa shape index (κ1) is 20.7. The van der Waals surface area contributed by atoms with Crippen LogP contribution in [0.5, 0.6) is 0 Å². The summed E-state index contributed by atoms with van der Waals surface area (Å²) >= 11 is 6.14. The van der Waals surface area contributed by atoms with Crippen molar-refractivity contribution in [2.45, 2.75) is 31.2 Å². The zero-order chi connectivity index (χ0) is 21.4. The van der Waals surface area contributed by atoms with Crippen molar-refractivity contribution in [3.8, 4) is 0 Å². The van der Waals surface area contributed by atoms with Crippen LogP contribution in [0.25, 0.3) is 0 Å². The molecular formula is C25H31ClN4O. The van der Waals surface area contributed by atoms with Crippen LogP contribution in [0.4, 0.5) is 16.2 Å². The lowest BCUT2D eigenvalue weighted by Crippen LogP contribution is -2.40. The second-order valence-electron chi connectivity index (χ2n) is 9.32. The Kier molecular flexibility index (Phi) is 5.81. The van der Waals surface area contributed by atoms with Gasteiger partial charge >= 0.3 is 6.03 Å². The van der Waals surface area contributed by atoms with Gasteiger partial charge in [0.05, 0.1) is 0 Å². The van der Waals surface area contributed by atoms with Crippen molar-refractivity contribution in [1.82, 2.24) is 9.80 Å². The quantitative estimate of drug-likeness (QED) is 0.741. The average Bonchev–Trinajstić information content (AvgIpc) is 3.33. The Balaban J connectivity index is 1.15. The molecule has 0 aliphatic carbocycles. The number of benzene rings is 2. The molecule has 0 aromatic heterocycles. The number of halogens is 1. The fourth-order valence-electron chi connectivity index (χ4n) is 5.61. The van der Waals surface area contributed by atoms with E-state index in [9.17, 15) is 4.79 Å². The van der Waals surface area contributed by atoms with E-state index in [0.717, 1.165) is 55.6 Å². The van der Waals surface area contributed by atoms with Gasteiger partial charge in [-0.25, -0.2) is 4.79 Å². The highest BCUT2D eigenvalue weighted by Gasteiger charge is 2.39. The van der Waals surface area contributed by atoms with Gasteiger partial charge in [0.2, 0.25) is 0 Å². The fourth-order valence-corrected chi connectivity index (χ4v) is 5.81. The van der Waals surface area contributed by atoms with E-state index in [2.05, 4.69) is 46.4 Å². The number of urea groups is 1. The van der Waals surface area contributed by atoms with E-state index in [-0.39, 0.29) is 6.03 Å². The molecule has 5 nitrogen and oxygen atoms in total. The van der Waals surface area contributed by atoms with Gasteiger partial charge in [-0.2, -0.15) is 0 Å². The van der Waals surface area contributed by atoms with Gasteiger partial charge in [-0.05, 0) is 80.1 Å². The normalized spacial score (nSPS) is 24.5. The number of amides is 2. The minimum Gasteiger partial charge on any atom is -0.367 e. The van der Waals surface area contributed by atoms with Crippen molar-refractivity contribution < 1.29 is 4.79 Å². The molecule has 2 aromatic rings. The lowest BCUT2D eigenvalue weighted by Gasteiger charge is -2.32. The molecule has 31 heavy (non-hydrogen) atoms. The summed E-state index contributed by atoms with van der Waals surface area (Å²) in [5, 5.41) is 3.87. The number of piperidine rings is 1. The third-order valence-corrected chi connectivity index (χ3v) is 7.52. The minimum atomic E-state index is -0.00375. The highest BCUT2D eigenvalue weighted by atomic mass is 35.5. The molecule has 3 heterocycles. The van der Waals surface area contributed by atoms with E-state index in [1.54, 1.807) is 0 Å². The molecule has 6 heteroatoms. The Morgan fingerprint density at radius 3 is 2.52 bits per heavy atom. The van der Waals surface area contributed by atoms with Crippen molar-refractivity contribution in [2.24, 2.45) is 5.92 Å². The van der Waals surface area contributed by atoms with Crippen LogP contribution < -0.4 is 10.2 Å². The summed E-state index contributed by atoms with van der Waals surface area (Å²) in [6.45, 7) is 5.03. The Bertz CT molecular complexity index is 925. The number of carbonyl (C=O) groups is 1. The number of rotatable bonds is 3. The molecule has 2 amide bonds. The van der Waals surface area contributed by atoms with Crippen molar-refractivity contribution in [2.75, 3.05) is 50.0 Å². The summed E-state index contributed by atoms with van der Waals surface area (Å²) in [6.07, 6.45) is 3.22. The van der Waals surface area contributed by atoms with Crippen molar-refractivity contribution in [3.63, 3.8) is 0 Å². The Morgan fingerprint density at radius 2 is 1.77 bits per heavy atom. The zero-order valence-electron chi connectivity index (χ0n) is 18.1. The summed E-state index contributed by atoms with van der Waals surface area (Å²) in [6, 6.07) is 17.1. The van der Waals surface area contributed by atoms with Crippen LogP contribution >= 0.6 is 11.6 Å². The predicted molar refractivity (Wildman–Crippen MR) is 127 cm³/mol. The van der Waals surface area contributed by atoms with Crippen LogP contribution in [0, 0.1) is 5.92 Å². The second kappa shape index (κ2) is 8.71. The van der Waals surface area contributed by atoms with E-state index in [1.807, 2.05) is 29.2 Å². The molecule has 0 radical (unpaired) electrons. The topological polar surface area (TPSA) is 38.8 Å². The number of anilines is 2. The van der Waals surface area contributed by atoms with Crippen molar-refractivity contribution >= 4 is 29.0 Å². The predicted octanol–water partition coefficient (Wildman–Crippen LogP) is 4.89. The highest BCUT2D eigenvalue weighted by Crippen LogP contribution is 2.35. The van der Waals surface area contributed by atoms with Crippen LogP contribution in [0.2, 0.25) is 5.02 Å². The molecule has 164 valence electrons. The monoisotopic (exact) mass is 438 g/mol. The van der Waals surface area contributed by atoms with E-state index in [4.69, 9.17) is 11.6 Å². The van der Waals surface area contributed by atoms with Gasteiger partial charge in [-0.1, -0.05) is 23.7 Å². The Labute approximate surface area is 190 Å². The van der Waals surface area contributed by atoms with Gasteiger partial charge in [0.1, 0.15) is 0 Å². The van der Waals surface area contributed by atoms with Gasteiger partial charge in [-0.3, -0.25) is 0 Å². The molecule has 2 atom stereocenters. The summed E-state index contributed by atoms with van der Waals surface area (Å²) in [5.74, 6) is 1.26. The van der Waals surface area contributed by atoms with Crippen molar-refractivity contribution in [1.29, 1.82) is 0 Å². The SMILES string of the molecule is CN1C[C@H]2CCN(c3ccc(NC(=O)N4CCC(c5cccc(Cl)c5)CC4)cc3)[C@H]2C1. The summed E-state index contributed by atoms with van der Waals surface area (Å²) < 4.78 is 0. The molecule has 3 aliphatic heterocycles. The molecule has 0 unspecified atom stereocenters. The summed E-state index contributed by atoms with van der Waals surface area (Å²) in [5.41, 5.74) is 3.41. The maximum Gasteiger partial charge on any atom is 0.321 e. The molecule has 0 spiro atoms. The number of nitrogens with zero attached hydrogens (tertiary/aromatic N) is 3. The van der Waals surface area contributed by atoms with E-state index in [0.29, 0.717) is 12.0 Å². The maximum atomic E-state index is 12.8. The third kappa shape index (κ3) is 4.39. The molecule has 1 N–H and O–H groups in total. The first-order valence-corrected chi connectivity index (χ1v) is 11.8. The first-order chi connectivity index (χ1) is 15.1. The number of likely N-dealkylation sites (N-methyl/N-ethyl adjacent to an activating group) is 1. The summed E-state index contributed by atoms with van der Waals surface area (Å²) in [7, 11) is 2.22. The number of carbonyl (C=O) groups excluding carboxylic acids is 1. The number of hydrogen-bond donors (Lipinski definition) is 1. The molecule has 5 rings (SSSR count). The molecule has 3 saturated heterocycles. The zero-order valence-corrected chi connectivity index (χ0v) is 18.9. The van der Waals surface area contributed by atoms with Gasteiger partial charge in [0, 0.05) is 55.2 Å². The van der Waals surface area contributed by atoms with Gasteiger partial charge in [-0.15, -0.1) is 0 Å². The van der Waals surface area contributed by atoms with Gasteiger partial charge in [0.25, 0.3) is 0 Å². The van der Waals surface area contributed by atoms with Crippen LogP contribution in [0.15, 0.2) is 48.5 Å². The largest absolute Gasteiger partial charge is 0.367 e. The van der Waals surface area contributed by atoms with E-state index < -0.39 is 0 Å². The molecule has 0 bridgehead atoms. The molecular weight excluding hydrogens is 408 g/mol. The molecule has 0 saturated carbocycles. The number of likely N-dealkylation sites (tertiary alicyclic amines) is 2. The first-order valence-electron chi connectivity index (χ1n) is 11.4. The number of fused-ring (bicyclic) bond motifs is 1. The number of nitrogens with one attached hydrogen (secondary N) is 1. The minimum absolute atomic E-state index is 0.00375. The molecule has 3 fully saturated rings. The van der Waals surface area contributed by atoms with Crippen LogP contribution in [0.3, 0.4) is 0 Å². The summed E-state index contributed by atoms with van der Waals surface area (Å²) in [4.78, 5) is 19.7. The molecule has 2 aromatic carbocycles. The van der Waals surface area contributed by atoms with Gasteiger partial charge in [0.15, 0.2) is 0 Å². The lowest BCUT2D eigenvalue weighted by atomic mass is 9.89.